The Bertz CT molecular complexity index is 1100. The first-order valence-electron chi connectivity index (χ1n) is 11.3. The van der Waals surface area contributed by atoms with Crippen LogP contribution < -0.4 is 4.74 Å². The smallest absolute Gasteiger partial charge is 0.253 e. The number of carbonyl (C=O) groups excluding carboxylic acids is 1. The molecule has 166 valence electrons. The molecule has 0 saturated carbocycles. The fourth-order valence-corrected chi connectivity index (χ4v) is 4.72. The molecule has 2 aromatic carbocycles. The third kappa shape index (κ3) is 4.24. The summed E-state index contributed by atoms with van der Waals surface area (Å²) < 4.78 is 21.2. The molecule has 0 bridgehead atoms. The summed E-state index contributed by atoms with van der Waals surface area (Å²) in [6.07, 6.45) is 3.49. The van der Waals surface area contributed by atoms with Crippen LogP contribution in [0.4, 0.5) is 4.39 Å². The molecule has 0 radical (unpaired) electrons. The number of likely N-dealkylation sites (tertiary alicyclic amines) is 1. The average Bonchev–Trinajstić information content (AvgIpc) is 3.21. The fourth-order valence-electron chi connectivity index (χ4n) is 4.72. The van der Waals surface area contributed by atoms with E-state index in [-0.39, 0.29) is 17.8 Å². The van der Waals surface area contributed by atoms with Gasteiger partial charge < -0.3 is 14.2 Å². The quantitative estimate of drug-likeness (QED) is 0.619. The van der Waals surface area contributed by atoms with Crippen LogP contribution in [0.1, 0.15) is 52.8 Å². The molecule has 0 spiro atoms. The monoisotopic (exact) mass is 434 g/mol. The summed E-state index contributed by atoms with van der Waals surface area (Å²) in [5.74, 6) is 2.83. The molecule has 7 heteroatoms. The van der Waals surface area contributed by atoms with Gasteiger partial charge in [0.05, 0.1) is 0 Å². The number of ether oxygens (including phenoxy) is 1. The minimum Gasteiger partial charge on any atom is -0.490 e. The maximum absolute atomic E-state index is 13.2. The van der Waals surface area contributed by atoms with Gasteiger partial charge in [0.1, 0.15) is 29.3 Å². The topological polar surface area (TPSA) is 60.2 Å². The molecule has 3 heterocycles. The Morgan fingerprint density at radius 1 is 1.06 bits per heavy atom. The summed E-state index contributed by atoms with van der Waals surface area (Å²) >= 11 is 0. The van der Waals surface area contributed by atoms with E-state index < -0.39 is 0 Å². The Morgan fingerprint density at radius 3 is 2.62 bits per heavy atom. The van der Waals surface area contributed by atoms with E-state index in [1.54, 1.807) is 12.1 Å². The van der Waals surface area contributed by atoms with Gasteiger partial charge in [-0.1, -0.05) is 12.1 Å². The van der Waals surface area contributed by atoms with Gasteiger partial charge in [0.15, 0.2) is 0 Å². The number of carbonyl (C=O) groups is 1. The Hall–Kier alpha value is -3.22. The summed E-state index contributed by atoms with van der Waals surface area (Å²) in [7, 11) is 0. The van der Waals surface area contributed by atoms with E-state index in [1.807, 2.05) is 24.0 Å². The molecule has 1 saturated heterocycles. The SMILES string of the molecule is Cc1nnc2n1C[C@H](c1cccc(C(=O)N3CCC(Oc4ccc(F)cc4)CC3)c1)CC2. The number of rotatable bonds is 4. The lowest BCUT2D eigenvalue weighted by Gasteiger charge is -2.32. The number of hydrogen-bond donors (Lipinski definition) is 0. The van der Waals surface area contributed by atoms with Crippen LogP contribution in [0.15, 0.2) is 48.5 Å². The molecule has 5 rings (SSSR count). The predicted molar refractivity (Wildman–Crippen MR) is 118 cm³/mol. The maximum Gasteiger partial charge on any atom is 0.253 e. The van der Waals surface area contributed by atoms with E-state index in [0.29, 0.717) is 24.8 Å². The number of nitrogens with zero attached hydrogens (tertiary/aromatic N) is 4. The van der Waals surface area contributed by atoms with Crippen molar-refractivity contribution in [1.29, 1.82) is 0 Å². The van der Waals surface area contributed by atoms with E-state index in [9.17, 15) is 9.18 Å². The first-order chi connectivity index (χ1) is 15.6. The number of aryl methyl sites for hydroxylation is 2. The van der Waals surface area contributed by atoms with Gasteiger partial charge in [0, 0.05) is 50.4 Å². The number of aromatic nitrogens is 3. The van der Waals surface area contributed by atoms with Crippen molar-refractivity contribution in [2.45, 2.75) is 51.2 Å². The molecular formula is C25H27FN4O2. The van der Waals surface area contributed by atoms with Crippen molar-refractivity contribution in [3.63, 3.8) is 0 Å². The second kappa shape index (κ2) is 8.73. The van der Waals surface area contributed by atoms with Crippen LogP contribution in [0.2, 0.25) is 0 Å². The minimum absolute atomic E-state index is 0.0410. The molecule has 0 unspecified atom stereocenters. The zero-order chi connectivity index (χ0) is 22.1. The lowest BCUT2D eigenvalue weighted by molar-refractivity contribution is 0.0595. The Kier molecular flexibility index (Phi) is 5.64. The Morgan fingerprint density at radius 2 is 1.84 bits per heavy atom. The molecule has 3 aromatic rings. The predicted octanol–water partition coefficient (Wildman–Crippen LogP) is 4.14. The van der Waals surface area contributed by atoms with E-state index in [0.717, 1.165) is 49.4 Å². The van der Waals surface area contributed by atoms with Gasteiger partial charge in [-0.15, -0.1) is 10.2 Å². The molecule has 32 heavy (non-hydrogen) atoms. The Balaban J connectivity index is 1.21. The molecule has 1 fully saturated rings. The molecule has 2 aliphatic rings. The highest BCUT2D eigenvalue weighted by atomic mass is 19.1. The summed E-state index contributed by atoms with van der Waals surface area (Å²) in [4.78, 5) is 15.1. The maximum atomic E-state index is 13.2. The van der Waals surface area contributed by atoms with Crippen molar-refractivity contribution in [2.24, 2.45) is 0 Å². The fraction of sp³-hybridized carbons (Fsp3) is 0.400. The number of hydrogen-bond acceptors (Lipinski definition) is 4. The highest BCUT2D eigenvalue weighted by molar-refractivity contribution is 5.94. The molecule has 0 N–H and O–H groups in total. The van der Waals surface area contributed by atoms with Gasteiger partial charge in [-0.3, -0.25) is 4.79 Å². The van der Waals surface area contributed by atoms with Gasteiger partial charge >= 0.3 is 0 Å². The van der Waals surface area contributed by atoms with Crippen LogP contribution >= 0.6 is 0 Å². The first kappa shape index (κ1) is 20.7. The van der Waals surface area contributed by atoms with Gasteiger partial charge in [-0.2, -0.15) is 0 Å². The minimum atomic E-state index is -0.273. The number of piperidine rings is 1. The largest absolute Gasteiger partial charge is 0.490 e. The van der Waals surface area contributed by atoms with Gasteiger partial charge in [-0.25, -0.2) is 4.39 Å². The van der Waals surface area contributed by atoms with Crippen molar-refractivity contribution < 1.29 is 13.9 Å². The average molecular weight is 435 g/mol. The van der Waals surface area contributed by atoms with Crippen LogP contribution in [0.25, 0.3) is 0 Å². The van der Waals surface area contributed by atoms with Crippen LogP contribution in [-0.4, -0.2) is 44.8 Å². The number of benzene rings is 2. The van der Waals surface area contributed by atoms with Gasteiger partial charge in [-0.05, 0) is 55.3 Å². The van der Waals surface area contributed by atoms with Crippen molar-refractivity contribution in [2.75, 3.05) is 13.1 Å². The summed E-state index contributed by atoms with van der Waals surface area (Å²) in [5.41, 5.74) is 1.94. The van der Waals surface area contributed by atoms with Crippen LogP contribution in [0, 0.1) is 12.7 Å². The molecule has 1 aromatic heterocycles. The van der Waals surface area contributed by atoms with Gasteiger partial charge in [0.2, 0.25) is 0 Å². The van der Waals surface area contributed by atoms with Crippen LogP contribution in [0.3, 0.4) is 0 Å². The normalized spacial score (nSPS) is 18.9. The second-order valence-corrected chi connectivity index (χ2v) is 8.70. The lowest BCUT2D eigenvalue weighted by atomic mass is 9.90. The molecule has 1 amide bonds. The van der Waals surface area contributed by atoms with Crippen molar-refractivity contribution >= 4 is 5.91 Å². The lowest BCUT2D eigenvalue weighted by Crippen LogP contribution is -2.41. The number of amides is 1. The standard InChI is InChI=1S/C25H27FN4O2/c1-17-27-28-24-10-5-20(16-30(17)24)18-3-2-4-19(15-18)25(31)29-13-11-23(12-14-29)32-22-8-6-21(26)7-9-22/h2-4,6-9,15,20,23H,5,10-14,16H2,1H3/t20-/m1/s1. The zero-order valence-electron chi connectivity index (χ0n) is 18.2. The highest BCUT2D eigenvalue weighted by Gasteiger charge is 2.27. The highest BCUT2D eigenvalue weighted by Crippen LogP contribution is 2.30. The van der Waals surface area contributed by atoms with Crippen molar-refractivity contribution in [3.8, 4) is 5.75 Å². The van der Waals surface area contributed by atoms with E-state index >= 15 is 0 Å². The summed E-state index contributed by atoms with van der Waals surface area (Å²) in [6.45, 7) is 4.16. The third-order valence-corrected chi connectivity index (χ3v) is 6.58. The molecule has 2 aliphatic heterocycles. The van der Waals surface area contributed by atoms with Crippen molar-refractivity contribution in [1.82, 2.24) is 19.7 Å². The zero-order valence-corrected chi connectivity index (χ0v) is 18.2. The van der Waals surface area contributed by atoms with E-state index in [4.69, 9.17) is 4.74 Å². The Labute approximate surface area is 187 Å². The van der Waals surface area contributed by atoms with Crippen LogP contribution in [-0.2, 0) is 13.0 Å². The summed E-state index contributed by atoms with van der Waals surface area (Å²) in [5, 5.41) is 8.45. The van der Waals surface area contributed by atoms with E-state index in [1.165, 1.54) is 17.7 Å². The van der Waals surface area contributed by atoms with Crippen molar-refractivity contribution in [3.05, 3.63) is 77.1 Å². The third-order valence-electron chi connectivity index (χ3n) is 6.58. The van der Waals surface area contributed by atoms with Crippen LogP contribution in [0.5, 0.6) is 5.75 Å². The second-order valence-electron chi connectivity index (χ2n) is 8.70. The van der Waals surface area contributed by atoms with E-state index in [2.05, 4.69) is 26.9 Å². The molecule has 6 nitrogen and oxygen atoms in total. The number of halogens is 1. The number of fused-ring (bicyclic) bond motifs is 1. The summed E-state index contributed by atoms with van der Waals surface area (Å²) in [6, 6.07) is 14.2. The molecular weight excluding hydrogens is 407 g/mol. The van der Waals surface area contributed by atoms with Gasteiger partial charge in [0.25, 0.3) is 5.91 Å². The first-order valence-corrected chi connectivity index (χ1v) is 11.3. The molecule has 1 atom stereocenters. The molecule has 0 aliphatic carbocycles.